The number of nitrogens with zero attached hydrogens (tertiary/aromatic N) is 2. The summed E-state index contributed by atoms with van der Waals surface area (Å²) in [6, 6.07) is 2.98. The lowest BCUT2D eigenvalue weighted by atomic mass is 10.1. The summed E-state index contributed by atoms with van der Waals surface area (Å²) >= 11 is 6.42. The highest BCUT2D eigenvalue weighted by atomic mass is 79.9. The second-order valence-electron chi connectivity index (χ2n) is 7.69. The van der Waals surface area contributed by atoms with Crippen LogP contribution in [0.15, 0.2) is 45.5 Å². The van der Waals surface area contributed by atoms with Crippen molar-refractivity contribution in [2.24, 2.45) is 0 Å². The lowest BCUT2D eigenvalue weighted by Crippen LogP contribution is -2.46. The number of benzene rings is 1. The van der Waals surface area contributed by atoms with Crippen LogP contribution in [0.5, 0.6) is 0 Å². The average Bonchev–Trinajstić information content (AvgIpc) is 2.68. The highest BCUT2D eigenvalue weighted by Crippen LogP contribution is 2.26. The molecule has 1 saturated heterocycles. The lowest BCUT2D eigenvalue weighted by molar-refractivity contribution is 0.0350. The van der Waals surface area contributed by atoms with Crippen LogP contribution < -0.4 is 5.32 Å². The summed E-state index contributed by atoms with van der Waals surface area (Å²) in [5, 5.41) is 3.15. The first-order valence-electron chi connectivity index (χ1n) is 9.56. The lowest BCUT2D eigenvalue weighted by Gasteiger charge is -2.27. The SMILES string of the molecule is CC(C)(C)OC(=O)N1C=CC=CC1.O=C(c1c(F)cc(Br)cc1Br)N1CCNCC1. The third-order valence-electron chi connectivity index (χ3n) is 4.07. The van der Waals surface area contributed by atoms with Crippen molar-refractivity contribution in [3.63, 3.8) is 0 Å². The minimum Gasteiger partial charge on any atom is -0.443 e. The van der Waals surface area contributed by atoms with E-state index in [0.29, 0.717) is 28.6 Å². The molecule has 0 saturated carbocycles. The van der Waals surface area contributed by atoms with Crippen molar-refractivity contribution >= 4 is 43.9 Å². The minimum atomic E-state index is -0.505. The Bertz CT molecular complexity index is 808. The molecule has 3 rings (SSSR count). The Labute approximate surface area is 193 Å². The fraction of sp³-hybridized carbons (Fsp3) is 0.429. The zero-order valence-electron chi connectivity index (χ0n) is 17.3. The Morgan fingerprint density at radius 1 is 1.13 bits per heavy atom. The Balaban J connectivity index is 0.000000222. The molecule has 9 heteroatoms. The zero-order valence-corrected chi connectivity index (χ0v) is 20.4. The van der Waals surface area contributed by atoms with Crippen molar-refractivity contribution in [2.45, 2.75) is 26.4 Å². The Morgan fingerprint density at radius 3 is 2.33 bits per heavy atom. The van der Waals surface area contributed by atoms with Gasteiger partial charge in [0.1, 0.15) is 11.4 Å². The molecule has 164 valence electrons. The summed E-state index contributed by atoms with van der Waals surface area (Å²) in [7, 11) is 0. The highest BCUT2D eigenvalue weighted by Gasteiger charge is 2.23. The summed E-state index contributed by atoms with van der Waals surface area (Å²) in [6.45, 7) is 8.88. The van der Waals surface area contributed by atoms with Crippen LogP contribution >= 0.6 is 31.9 Å². The van der Waals surface area contributed by atoms with Gasteiger partial charge in [-0.15, -0.1) is 0 Å². The van der Waals surface area contributed by atoms with Gasteiger partial charge in [0.2, 0.25) is 0 Å². The molecule has 0 atom stereocenters. The number of halogens is 3. The maximum absolute atomic E-state index is 13.8. The number of carbonyl (C=O) groups excluding carboxylic acids is 2. The molecule has 1 N–H and O–H groups in total. The molecule has 0 unspecified atom stereocenters. The van der Waals surface area contributed by atoms with E-state index in [9.17, 15) is 14.0 Å². The Kier molecular flexibility index (Phi) is 9.06. The number of rotatable bonds is 1. The van der Waals surface area contributed by atoms with Crippen molar-refractivity contribution < 1.29 is 18.7 Å². The van der Waals surface area contributed by atoms with E-state index in [-0.39, 0.29) is 17.6 Å². The molecule has 2 heterocycles. The van der Waals surface area contributed by atoms with Crippen LogP contribution in [-0.4, -0.2) is 60.1 Å². The van der Waals surface area contributed by atoms with Gasteiger partial charge in [-0.2, -0.15) is 0 Å². The van der Waals surface area contributed by atoms with Gasteiger partial charge in [0.25, 0.3) is 5.91 Å². The Morgan fingerprint density at radius 2 is 1.80 bits per heavy atom. The molecule has 2 aliphatic heterocycles. The summed E-state index contributed by atoms with van der Waals surface area (Å²) in [5.74, 6) is -0.766. The van der Waals surface area contributed by atoms with Crippen molar-refractivity contribution in [1.82, 2.24) is 15.1 Å². The summed E-state index contributed by atoms with van der Waals surface area (Å²) in [4.78, 5) is 26.8. The maximum Gasteiger partial charge on any atom is 0.414 e. The standard InChI is InChI=1S/C11H11Br2FN2O.C10H15NO2/c12-7-5-8(13)10(9(14)6-7)11(17)16-3-1-15-2-4-16;1-10(2,3)13-9(12)11-7-5-4-6-8-11/h5-6,15H,1-4H2;4-7H,8H2,1-3H3. The van der Waals surface area contributed by atoms with Crippen molar-refractivity contribution in [3.05, 3.63) is 56.9 Å². The number of piperazine rings is 1. The number of carbonyl (C=O) groups is 2. The van der Waals surface area contributed by atoms with Gasteiger partial charge in [-0.1, -0.05) is 28.1 Å². The fourth-order valence-electron chi connectivity index (χ4n) is 2.70. The van der Waals surface area contributed by atoms with Gasteiger partial charge < -0.3 is 15.0 Å². The Hall–Kier alpha value is -1.71. The van der Waals surface area contributed by atoms with E-state index in [4.69, 9.17) is 4.74 Å². The molecule has 6 nitrogen and oxygen atoms in total. The normalized spacial score (nSPS) is 16.1. The smallest absolute Gasteiger partial charge is 0.414 e. The zero-order chi connectivity index (χ0) is 22.3. The molecule has 0 bridgehead atoms. The first-order chi connectivity index (χ1) is 14.1. The quantitative estimate of drug-likeness (QED) is 0.554. The molecule has 1 aromatic rings. The molecule has 0 radical (unpaired) electrons. The van der Waals surface area contributed by atoms with Gasteiger partial charge in [-0.3, -0.25) is 9.69 Å². The molecule has 2 amide bonds. The van der Waals surface area contributed by atoms with Gasteiger partial charge in [0.05, 0.1) is 5.56 Å². The monoisotopic (exact) mass is 545 g/mol. The van der Waals surface area contributed by atoms with Crippen LogP contribution in [0.2, 0.25) is 0 Å². The summed E-state index contributed by atoms with van der Waals surface area (Å²) in [6.07, 6.45) is 7.04. The summed E-state index contributed by atoms with van der Waals surface area (Å²) in [5.41, 5.74) is -0.318. The van der Waals surface area contributed by atoms with Gasteiger partial charge in [0, 0.05) is 47.9 Å². The molecular formula is C21H26Br2FN3O3. The van der Waals surface area contributed by atoms with E-state index >= 15 is 0 Å². The number of hydrogen-bond acceptors (Lipinski definition) is 4. The molecule has 1 fully saturated rings. The fourth-order valence-corrected chi connectivity index (χ4v) is 4.04. The molecule has 0 aliphatic carbocycles. The highest BCUT2D eigenvalue weighted by molar-refractivity contribution is 9.11. The van der Waals surface area contributed by atoms with Crippen LogP contribution in [0.4, 0.5) is 9.18 Å². The number of amides is 2. The van der Waals surface area contributed by atoms with Crippen LogP contribution in [0.1, 0.15) is 31.1 Å². The van der Waals surface area contributed by atoms with Crippen molar-refractivity contribution in [2.75, 3.05) is 32.7 Å². The van der Waals surface area contributed by atoms with Crippen LogP contribution in [0, 0.1) is 5.82 Å². The predicted molar refractivity (Wildman–Crippen MR) is 122 cm³/mol. The number of nitrogens with one attached hydrogen (secondary N) is 1. The average molecular weight is 547 g/mol. The van der Waals surface area contributed by atoms with E-state index in [1.54, 1.807) is 17.2 Å². The van der Waals surface area contributed by atoms with E-state index in [1.165, 1.54) is 11.0 Å². The number of ether oxygens (including phenoxy) is 1. The van der Waals surface area contributed by atoms with E-state index in [0.717, 1.165) is 13.1 Å². The third-order valence-corrected chi connectivity index (χ3v) is 5.15. The van der Waals surface area contributed by atoms with E-state index in [1.807, 2.05) is 39.0 Å². The van der Waals surface area contributed by atoms with Gasteiger partial charge in [-0.05, 0) is 54.9 Å². The predicted octanol–water partition coefficient (Wildman–Crippen LogP) is 4.70. The molecular weight excluding hydrogens is 521 g/mol. The second kappa shape index (κ2) is 11.1. The second-order valence-corrected chi connectivity index (χ2v) is 9.46. The maximum atomic E-state index is 13.8. The van der Waals surface area contributed by atoms with Gasteiger partial charge in [-0.25, -0.2) is 9.18 Å². The van der Waals surface area contributed by atoms with E-state index in [2.05, 4.69) is 37.2 Å². The van der Waals surface area contributed by atoms with Crippen molar-refractivity contribution in [3.8, 4) is 0 Å². The molecule has 30 heavy (non-hydrogen) atoms. The first-order valence-corrected chi connectivity index (χ1v) is 11.1. The third kappa shape index (κ3) is 7.52. The minimum absolute atomic E-state index is 0.107. The molecule has 2 aliphatic rings. The number of hydrogen-bond donors (Lipinski definition) is 1. The van der Waals surface area contributed by atoms with Crippen LogP contribution in [0.3, 0.4) is 0 Å². The van der Waals surface area contributed by atoms with Gasteiger partial charge in [0.15, 0.2) is 0 Å². The number of allylic oxidation sites excluding steroid dienone is 2. The van der Waals surface area contributed by atoms with Crippen LogP contribution in [0.25, 0.3) is 0 Å². The summed E-state index contributed by atoms with van der Waals surface area (Å²) < 4.78 is 20.1. The van der Waals surface area contributed by atoms with Crippen LogP contribution in [-0.2, 0) is 4.74 Å². The first kappa shape index (κ1) is 24.6. The molecule has 1 aromatic carbocycles. The topological polar surface area (TPSA) is 61.9 Å². The van der Waals surface area contributed by atoms with Gasteiger partial charge >= 0.3 is 6.09 Å². The van der Waals surface area contributed by atoms with E-state index < -0.39 is 11.4 Å². The largest absolute Gasteiger partial charge is 0.443 e. The van der Waals surface area contributed by atoms with Crippen molar-refractivity contribution in [1.29, 1.82) is 0 Å². The molecule has 0 spiro atoms. The molecule has 0 aromatic heterocycles.